The maximum Gasteiger partial charge on any atom is 0.416 e. The van der Waals surface area contributed by atoms with Crippen LogP contribution in [0.4, 0.5) is 22.0 Å². The molecule has 166 valence electrons. The lowest BCUT2D eigenvalue weighted by Gasteiger charge is -2.35. The molecule has 0 saturated heterocycles. The topological polar surface area (TPSA) is 51.9 Å². The SMILES string of the molecule is Cn1cc2c3cc(C(=O)NC4CC(F)(F)C4)ccc3n(-c3ccc(C(F)(F)F)cc3)c2n1. The van der Waals surface area contributed by atoms with Crippen molar-refractivity contribution in [3.05, 3.63) is 59.8 Å². The Kier molecular flexibility index (Phi) is 4.34. The molecule has 1 saturated carbocycles. The molecule has 1 aliphatic rings. The molecular formula is C22H17F5N4O. The fourth-order valence-electron chi connectivity index (χ4n) is 4.13. The molecule has 0 radical (unpaired) electrons. The first-order valence-electron chi connectivity index (χ1n) is 9.86. The molecule has 4 aromatic rings. The van der Waals surface area contributed by atoms with Gasteiger partial charge in [0.1, 0.15) is 0 Å². The van der Waals surface area contributed by atoms with Crippen molar-refractivity contribution in [3.8, 4) is 5.69 Å². The summed E-state index contributed by atoms with van der Waals surface area (Å²) >= 11 is 0. The van der Waals surface area contributed by atoms with Crippen LogP contribution >= 0.6 is 0 Å². The smallest absolute Gasteiger partial charge is 0.349 e. The number of amides is 1. The summed E-state index contributed by atoms with van der Waals surface area (Å²) in [7, 11) is 1.72. The van der Waals surface area contributed by atoms with Gasteiger partial charge in [0.15, 0.2) is 5.65 Å². The number of carbonyl (C=O) groups excluding carboxylic acids is 1. The van der Waals surface area contributed by atoms with Crippen molar-refractivity contribution >= 4 is 27.8 Å². The number of carbonyl (C=O) groups is 1. The van der Waals surface area contributed by atoms with Gasteiger partial charge in [-0.3, -0.25) is 14.0 Å². The normalized spacial score (nSPS) is 16.4. The molecule has 0 bridgehead atoms. The molecule has 0 unspecified atom stereocenters. The van der Waals surface area contributed by atoms with Gasteiger partial charge in [-0.2, -0.15) is 18.3 Å². The van der Waals surface area contributed by atoms with Crippen molar-refractivity contribution in [2.45, 2.75) is 31.0 Å². The van der Waals surface area contributed by atoms with Crippen molar-refractivity contribution in [2.24, 2.45) is 7.05 Å². The van der Waals surface area contributed by atoms with E-state index in [4.69, 9.17) is 0 Å². The maximum absolute atomic E-state index is 13.1. The van der Waals surface area contributed by atoms with E-state index >= 15 is 0 Å². The van der Waals surface area contributed by atoms with Gasteiger partial charge in [-0.25, -0.2) is 8.78 Å². The molecule has 2 heterocycles. The first-order chi connectivity index (χ1) is 15.0. The summed E-state index contributed by atoms with van der Waals surface area (Å²) in [6.07, 6.45) is -3.44. The van der Waals surface area contributed by atoms with Crippen LogP contribution in [-0.2, 0) is 13.2 Å². The van der Waals surface area contributed by atoms with Crippen LogP contribution in [0.5, 0.6) is 0 Å². The van der Waals surface area contributed by atoms with E-state index in [0.29, 0.717) is 33.2 Å². The molecule has 32 heavy (non-hydrogen) atoms. The van der Waals surface area contributed by atoms with E-state index in [-0.39, 0.29) is 12.8 Å². The van der Waals surface area contributed by atoms with Gasteiger partial charge in [-0.1, -0.05) is 0 Å². The Hall–Kier alpha value is -3.43. The van der Waals surface area contributed by atoms with Gasteiger partial charge in [0.2, 0.25) is 0 Å². The number of alkyl halides is 5. The quantitative estimate of drug-likeness (QED) is 0.446. The summed E-state index contributed by atoms with van der Waals surface area (Å²) in [5.74, 6) is -3.19. The van der Waals surface area contributed by atoms with Gasteiger partial charge in [0.25, 0.3) is 11.8 Å². The number of benzene rings is 2. The molecule has 5 nitrogen and oxygen atoms in total. The second-order valence-electron chi connectivity index (χ2n) is 8.09. The van der Waals surface area contributed by atoms with Crippen LogP contribution in [0.1, 0.15) is 28.8 Å². The molecule has 0 atom stereocenters. The number of hydrogen-bond donors (Lipinski definition) is 1. The zero-order valence-corrected chi connectivity index (χ0v) is 16.8. The molecule has 1 amide bonds. The highest BCUT2D eigenvalue weighted by atomic mass is 19.4. The molecule has 2 aromatic heterocycles. The number of fused-ring (bicyclic) bond motifs is 3. The third kappa shape index (κ3) is 3.39. The van der Waals surface area contributed by atoms with Crippen molar-refractivity contribution in [1.82, 2.24) is 19.7 Å². The first kappa shape index (κ1) is 20.5. The third-order valence-corrected chi connectivity index (χ3v) is 5.69. The fraction of sp³-hybridized carbons (Fsp3) is 0.273. The molecule has 10 heteroatoms. The summed E-state index contributed by atoms with van der Waals surface area (Å²) in [6, 6.07) is 9.07. The number of halogens is 5. The van der Waals surface area contributed by atoms with E-state index in [1.807, 2.05) is 0 Å². The average molecular weight is 448 g/mol. The highest BCUT2D eigenvalue weighted by Crippen LogP contribution is 2.38. The monoisotopic (exact) mass is 448 g/mol. The zero-order valence-electron chi connectivity index (χ0n) is 16.8. The minimum absolute atomic E-state index is 0.308. The molecule has 5 rings (SSSR count). The lowest BCUT2D eigenvalue weighted by Crippen LogP contribution is -2.50. The minimum atomic E-state index is -4.44. The standard InChI is InChI=1S/C22H17F5N4O/c1-30-11-17-16-8-12(20(32)28-14-9-21(23,24)10-14)2-7-18(16)31(19(17)29-30)15-5-3-13(4-6-15)22(25,26)27/h2-8,11,14H,9-10H2,1H3,(H,28,32). The van der Waals surface area contributed by atoms with Gasteiger partial charge in [-0.05, 0) is 42.5 Å². The fourth-order valence-corrected chi connectivity index (χ4v) is 4.13. The van der Waals surface area contributed by atoms with E-state index in [9.17, 15) is 26.7 Å². The van der Waals surface area contributed by atoms with Gasteiger partial charge in [0, 0.05) is 54.2 Å². The van der Waals surface area contributed by atoms with E-state index in [0.717, 1.165) is 12.1 Å². The lowest BCUT2D eigenvalue weighted by molar-refractivity contribution is -0.137. The Morgan fingerprint density at radius 3 is 2.41 bits per heavy atom. The summed E-state index contributed by atoms with van der Waals surface area (Å²) in [4.78, 5) is 12.6. The lowest BCUT2D eigenvalue weighted by atomic mass is 9.88. The van der Waals surface area contributed by atoms with Gasteiger partial charge in [-0.15, -0.1) is 0 Å². The summed E-state index contributed by atoms with van der Waals surface area (Å²) in [5.41, 5.74) is 1.23. The van der Waals surface area contributed by atoms with E-state index in [1.165, 1.54) is 12.1 Å². The average Bonchev–Trinajstić information content (AvgIpc) is 3.20. The summed E-state index contributed by atoms with van der Waals surface area (Å²) < 4.78 is 68.3. The molecule has 0 spiro atoms. The molecular weight excluding hydrogens is 431 g/mol. The molecule has 1 fully saturated rings. The third-order valence-electron chi connectivity index (χ3n) is 5.69. The number of nitrogens with one attached hydrogen (secondary N) is 1. The highest BCUT2D eigenvalue weighted by molar-refractivity contribution is 6.10. The largest absolute Gasteiger partial charge is 0.416 e. The predicted molar refractivity (Wildman–Crippen MR) is 108 cm³/mol. The Morgan fingerprint density at radius 2 is 1.78 bits per heavy atom. The predicted octanol–water partition coefficient (Wildman–Crippen LogP) is 5.06. The number of hydrogen-bond acceptors (Lipinski definition) is 2. The summed E-state index contributed by atoms with van der Waals surface area (Å²) in [6.45, 7) is 0. The number of rotatable bonds is 3. The maximum atomic E-state index is 13.1. The Balaban J connectivity index is 1.56. The zero-order chi connectivity index (χ0) is 22.8. The number of nitrogens with zero attached hydrogens (tertiary/aromatic N) is 3. The summed E-state index contributed by atoms with van der Waals surface area (Å²) in [5, 5.41) is 8.44. The van der Waals surface area contributed by atoms with Crippen LogP contribution < -0.4 is 5.32 Å². The highest BCUT2D eigenvalue weighted by Gasteiger charge is 2.46. The number of aryl methyl sites for hydroxylation is 1. The second kappa shape index (κ2) is 6.78. The van der Waals surface area contributed by atoms with Crippen molar-refractivity contribution in [2.75, 3.05) is 0 Å². The molecule has 1 N–H and O–H groups in total. The Bertz CT molecular complexity index is 1340. The van der Waals surface area contributed by atoms with Crippen molar-refractivity contribution in [1.29, 1.82) is 0 Å². The van der Waals surface area contributed by atoms with Crippen molar-refractivity contribution in [3.63, 3.8) is 0 Å². The Labute approximate surface area is 178 Å². The van der Waals surface area contributed by atoms with Crippen LogP contribution in [0.15, 0.2) is 48.7 Å². The second-order valence-corrected chi connectivity index (χ2v) is 8.09. The van der Waals surface area contributed by atoms with Crippen LogP contribution in [-0.4, -0.2) is 32.2 Å². The van der Waals surface area contributed by atoms with E-state index < -0.39 is 29.6 Å². The Morgan fingerprint density at radius 1 is 1.09 bits per heavy atom. The molecule has 1 aliphatic carbocycles. The number of aromatic nitrogens is 3. The molecule has 0 aliphatic heterocycles. The van der Waals surface area contributed by atoms with Crippen LogP contribution in [0.25, 0.3) is 27.6 Å². The molecule has 2 aromatic carbocycles. The van der Waals surface area contributed by atoms with Crippen molar-refractivity contribution < 1.29 is 26.7 Å². The van der Waals surface area contributed by atoms with Gasteiger partial charge >= 0.3 is 6.18 Å². The van der Waals surface area contributed by atoms with Crippen LogP contribution in [0.3, 0.4) is 0 Å². The van der Waals surface area contributed by atoms with E-state index in [1.54, 1.807) is 40.7 Å². The van der Waals surface area contributed by atoms with E-state index in [2.05, 4.69) is 10.4 Å². The van der Waals surface area contributed by atoms with Crippen LogP contribution in [0, 0.1) is 0 Å². The first-order valence-corrected chi connectivity index (χ1v) is 9.86. The minimum Gasteiger partial charge on any atom is -0.349 e. The van der Waals surface area contributed by atoms with Gasteiger partial charge < -0.3 is 5.32 Å². The van der Waals surface area contributed by atoms with Crippen LogP contribution in [0.2, 0.25) is 0 Å². The van der Waals surface area contributed by atoms with Gasteiger partial charge in [0.05, 0.1) is 11.1 Å².